The lowest BCUT2D eigenvalue weighted by Gasteiger charge is -2.36. The summed E-state index contributed by atoms with van der Waals surface area (Å²) in [4.78, 5) is 34.8. The van der Waals surface area contributed by atoms with E-state index in [-0.39, 0.29) is 11.8 Å². The Labute approximate surface area is 217 Å². The summed E-state index contributed by atoms with van der Waals surface area (Å²) in [5.41, 5.74) is 3.62. The second kappa shape index (κ2) is 10.7. The van der Waals surface area contributed by atoms with E-state index in [9.17, 15) is 9.59 Å². The third kappa shape index (κ3) is 5.11. The molecule has 5 rings (SSSR count). The molecule has 3 aromatic carbocycles. The average Bonchev–Trinajstić information content (AvgIpc) is 3.14. The quantitative estimate of drug-likeness (QED) is 0.403. The van der Waals surface area contributed by atoms with Gasteiger partial charge in [-0.15, -0.1) is 0 Å². The summed E-state index contributed by atoms with van der Waals surface area (Å²) in [6.07, 6.45) is 0. The van der Waals surface area contributed by atoms with Crippen molar-refractivity contribution >= 4 is 29.3 Å². The highest BCUT2D eigenvalue weighted by Gasteiger charge is 2.43. The van der Waals surface area contributed by atoms with Crippen molar-refractivity contribution in [3.63, 3.8) is 0 Å². The summed E-state index contributed by atoms with van der Waals surface area (Å²) in [5.74, 6) is -0.0887. The van der Waals surface area contributed by atoms with Gasteiger partial charge in [0.05, 0.1) is 5.69 Å². The molecule has 0 unspecified atom stereocenters. The van der Waals surface area contributed by atoms with Gasteiger partial charge in [-0.2, -0.15) is 0 Å². The molecule has 2 aliphatic heterocycles. The van der Waals surface area contributed by atoms with Gasteiger partial charge < -0.3 is 4.90 Å². The number of anilines is 1. The van der Waals surface area contributed by atoms with Gasteiger partial charge in [0.25, 0.3) is 11.8 Å². The molecule has 2 aliphatic rings. The molecule has 1 fully saturated rings. The predicted molar refractivity (Wildman–Crippen MR) is 146 cm³/mol. The Kier molecular flexibility index (Phi) is 7.25. The maximum absolute atomic E-state index is 13.8. The second-order valence-electron chi connectivity index (χ2n) is 9.53. The van der Waals surface area contributed by atoms with Gasteiger partial charge in [0.1, 0.15) is 10.6 Å². The summed E-state index contributed by atoms with van der Waals surface area (Å²) in [6, 6.07) is 28.0. The number of carbonyl (C=O) groups is 2. The zero-order valence-electron chi connectivity index (χ0n) is 20.8. The molecule has 184 valence electrons. The van der Waals surface area contributed by atoms with Crippen molar-refractivity contribution in [3.8, 4) is 0 Å². The van der Waals surface area contributed by atoms with Crippen LogP contribution in [-0.2, 0) is 16.1 Å². The molecule has 3 aromatic rings. The summed E-state index contributed by atoms with van der Waals surface area (Å²) >= 11 is 1.39. The van der Waals surface area contributed by atoms with Gasteiger partial charge in [-0.25, -0.2) is 4.90 Å². The monoisotopic (exact) mass is 497 g/mol. The van der Waals surface area contributed by atoms with Crippen LogP contribution in [0.25, 0.3) is 0 Å². The zero-order valence-corrected chi connectivity index (χ0v) is 21.6. The molecule has 2 amide bonds. The van der Waals surface area contributed by atoms with E-state index < -0.39 is 0 Å². The molecule has 0 saturated carbocycles. The molecule has 0 aromatic heterocycles. The third-order valence-corrected chi connectivity index (χ3v) is 7.82. The van der Waals surface area contributed by atoms with E-state index in [1.54, 1.807) is 0 Å². The highest BCUT2D eigenvalue weighted by Crippen LogP contribution is 2.39. The molecule has 0 bridgehead atoms. The van der Waals surface area contributed by atoms with Crippen LogP contribution >= 0.6 is 11.8 Å². The van der Waals surface area contributed by atoms with E-state index in [2.05, 4.69) is 47.9 Å². The number of hydrogen-bond acceptors (Lipinski definition) is 5. The molecule has 6 heteroatoms. The fourth-order valence-electron chi connectivity index (χ4n) is 4.69. The first-order valence-electron chi connectivity index (χ1n) is 12.5. The van der Waals surface area contributed by atoms with E-state index in [4.69, 9.17) is 0 Å². The molecule has 36 heavy (non-hydrogen) atoms. The minimum atomic E-state index is -0.243. The van der Waals surface area contributed by atoms with Gasteiger partial charge in [0.2, 0.25) is 0 Å². The van der Waals surface area contributed by atoms with E-state index in [1.165, 1.54) is 27.8 Å². The molecular weight excluding hydrogens is 466 g/mol. The summed E-state index contributed by atoms with van der Waals surface area (Å²) in [6.45, 7) is 8.25. The van der Waals surface area contributed by atoms with Crippen LogP contribution in [0.4, 0.5) is 5.69 Å². The predicted octanol–water partition coefficient (Wildman–Crippen LogP) is 5.50. The fourth-order valence-corrected chi connectivity index (χ4v) is 5.71. The highest BCUT2D eigenvalue weighted by molar-refractivity contribution is 8.04. The van der Waals surface area contributed by atoms with Crippen molar-refractivity contribution in [2.45, 2.75) is 31.2 Å². The number of rotatable bonds is 7. The van der Waals surface area contributed by atoms with Gasteiger partial charge in [0.15, 0.2) is 0 Å². The number of hydrogen-bond donors (Lipinski definition) is 0. The highest BCUT2D eigenvalue weighted by atomic mass is 32.2. The number of nitrogens with zero attached hydrogens (tertiary/aromatic N) is 3. The number of thioether (sulfide) groups is 1. The van der Waals surface area contributed by atoms with Gasteiger partial charge in [0, 0.05) is 37.6 Å². The maximum Gasteiger partial charge on any atom is 0.283 e. The molecular formula is C30H31N3O2S. The summed E-state index contributed by atoms with van der Waals surface area (Å²) in [5, 5.41) is 0. The fraction of sp³-hybridized carbons (Fsp3) is 0.267. The molecule has 0 N–H and O–H groups in total. The Morgan fingerprint density at radius 1 is 0.750 bits per heavy atom. The Morgan fingerprint density at radius 2 is 1.36 bits per heavy atom. The van der Waals surface area contributed by atoms with Crippen molar-refractivity contribution in [2.24, 2.45) is 0 Å². The van der Waals surface area contributed by atoms with Gasteiger partial charge in [-0.1, -0.05) is 86.3 Å². The Balaban J connectivity index is 1.40. The molecule has 0 aliphatic carbocycles. The van der Waals surface area contributed by atoms with Crippen LogP contribution in [-0.4, -0.2) is 47.8 Å². The van der Waals surface area contributed by atoms with Crippen LogP contribution in [0.5, 0.6) is 0 Å². The number of benzene rings is 3. The second-order valence-corrected chi connectivity index (χ2v) is 10.6. The average molecular weight is 498 g/mol. The van der Waals surface area contributed by atoms with Gasteiger partial charge in [-0.3, -0.25) is 14.5 Å². The Bertz CT molecular complexity index is 1250. The summed E-state index contributed by atoms with van der Waals surface area (Å²) < 4.78 is 0. The lowest BCUT2D eigenvalue weighted by molar-refractivity contribution is -0.121. The van der Waals surface area contributed by atoms with Crippen LogP contribution in [0.15, 0.2) is 100 Å². The standard InChI is InChI=1S/C30H31N3O2S/c1-22(2)24-13-15-25(16-14-24)33-29(34)27(28(30(33)35)36-26-11-7-4-8-12-26)32-19-17-31(18-20-32)21-23-9-5-3-6-10-23/h3-16,22H,17-21H2,1-2H3. The smallest absolute Gasteiger partial charge is 0.283 e. The SMILES string of the molecule is CC(C)c1ccc(N2C(=O)C(Sc3ccccc3)=C(N3CCN(Cc4ccccc4)CC3)C2=O)cc1. The topological polar surface area (TPSA) is 43.9 Å². The lowest BCUT2D eigenvalue weighted by Crippen LogP contribution is -2.47. The van der Waals surface area contributed by atoms with Crippen molar-refractivity contribution < 1.29 is 9.59 Å². The normalized spacial score (nSPS) is 17.0. The summed E-state index contributed by atoms with van der Waals surface area (Å²) in [7, 11) is 0. The molecule has 2 heterocycles. The van der Waals surface area contributed by atoms with E-state index in [1.807, 2.05) is 60.7 Å². The van der Waals surface area contributed by atoms with Crippen molar-refractivity contribution in [3.05, 3.63) is 107 Å². The van der Waals surface area contributed by atoms with Crippen LogP contribution in [0.2, 0.25) is 0 Å². The molecule has 0 radical (unpaired) electrons. The van der Waals surface area contributed by atoms with Crippen molar-refractivity contribution in [2.75, 3.05) is 31.1 Å². The largest absolute Gasteiger partial charge is 0.363 e. The number of carbonyl (C=O) groups excluding carboxylic acids is 2. The molecule has 1 saturated heterocycles. The molecule has 5 nitrogen and oxygen atoms in total. The lowest BCUT2D eigenvalue weighted by atomic mass is 10.0. The first kappa shape index (κ1) is 24.3. The van der Waals surface area contributed by atoms with Crippen LogP contribution < -0.4 is 4.90 Å². The Morgan fingerprint density at radius 3 is 1.97 bits per heavy atom. The minimum Gasteiger partial charge on any atom is -0.363 e. The first-order valence-corrected chi connectivity index (χ1v) is 13.3. The van der Waals surface area contributed by atoms with Crippen molar-refractivity contribution in [1.82, 2.24) is 9.80 Å². The van der Waals surface area contributed by atoms with Crippen molar-refractivity contribution in [1.29, 1.82) is 0 Å². The van der Waals surface area contributed by atoms with Gasteiger partial charge in [-0.05, 0) is 41.3 Å². The number of imide groups is 1. The minimum absolute atomic E-state index is 0.229. The first-order chi connectivity index (χ1) is 17.5. The van der Waals surface area contributed by atoms with Crippen LogP contribution in [0.3, 0.4) is 0 Å². The number of amides is 2. The third-order valence-electron chi connectivity index (χ3n) is 6.74. The van der Waals surface area contributed by atoms with Gasteiger partial charge >= 0.3 is 0 Å². The number of piperazine rings is 1. The Hall–Kier alpha value is -3.35. The van der Waals surface area contributed by atoms with E-state index >= 15 is 0 Å². The zero-order chi connectivity index (χ0) is 25.1. The molecule has 0 spiro atoms. The van der Waals surface area contributed by atoms with E-state index in [0.717, 1.165) is 24.5 Å². The van der Waals surface area contributed by atoms with Crippen LogP contribution in [0.1, 0.15) is 30.9 Å². The van der Waals surface area contributed by atoms with E-state index in [0.29, 0.717) is 35.3 Å². The maximum atomic E-state index is 13.8. The molecule has 0 atom stereocenters. The van der Waals surface area contributed by atoms with Crippen LogP contribution in [0, 0.1) is 0 Å².